The number of nitrogens with one attached hydrogen (secondary N) is 2. The van der Waals surface area contributed by atoms with Gasteiger partial charge in [-0.15, -0.1) is 0 Å². The maximum Gasteiger partial charge on any atom is 0.278 e. The third-order valence-electron chi connectivity index (χ3n) is 9.02. The number of hydrogen-bond acceptors (Lipinski definition) is 8. The van der Waals surface area contributed by atoms with Gasteiger partial charge in [-0.2, -0.15) is 5.10 Å². The molecule has 1 aliphatic carbocycles. The SMILES string of the molecule is COc1nc(-c2cccc(-c3cccc(Nc4nccc5cnn(C)c(=O)c45)c3C)c2Cl)cc2c1C(NC1CCOCC1)CC2. The Labute approximate surface area is 266 Å². The van der Waals surface area contributed by atoms with E-state index in [-0.39, 0.29) is 11.6 Å². The number of aromatic nitrogens is 4. The van der Waals surface area contributed by atoms with Gasteiger partial charge in [0.2, 0.25) is 5.88 Å². The van der Waals surface area contributed by atoms with E-state index in [0.29, 0.717) is 28.1 Å². The van der Waals surface area contributed by atoms with Crippen LogP contribution in [0, 0.1) is 6.92 Å². The fraction of sp³-hybridized carbons (Fsp3) is 0.314. The summed E-state index contributed by atoms with van der Waals surface area (Å²) in [5.41, 5.74) is 7.49. The van der Waals surface area contributed by atoms with E-state index >= 15 is 0 Å². The van der Waals surface area contributed by atoms with Crippen molar-refractivity contribution in [2.24, 2.45) is 7.05 Å². The van der Waals surface area contributed by atoms with Crippen LogP contribution >= 0.6 is 11.6 Å². The summed E-state index contributed by atoms with van der Waals surface area (Å²) in [7, 11) is 3.32. The average Bonchev–Trinajstić information content (AvgIpc) is 3.46. The number of hydrogen-bond donors (Lipinski definition) is 2. The van der Waals surface area contributed by atoms with Crippen molar-refractivity contribution in [3.8, 4) is 28.3 Å². The number of benzene rings is 2. The molecule has 9 nitrogen and oxygen atoms in total. The van der Waals surface area contributed by atoms with E-state index in [1.165, 1.54) is 10.2 Å². The van der Waals surface area contributed by atoms with Crippen LogP contribution in [0.15, 0.2) is 65.7 Å². The number of pyridine rings is 2. The number of ether oxygens (including phenoxy) is 2. The zero-order valence-electron chi connectivity index (χ0n) is 25.6. The number of anilines is 2. The van der Waals surface area contributed by atoms with Crippen molar-refractivity contribution >= 4 is 33.9 Å². The molecule has 2 aromatic carbocycles. The molecule has 0 radical (unpaired) electrons. The molecular weight excluding hydrogens is 588 g/mol. The summed E-state index contributed by atoms with van der Waals surface area (Å²) in [6, 6.07) is 16.6. The highest BCUT2D eigenvalue weighted by atomic mass is 35.5. The lowest BCUT2D eigenvalue weighted by atomic mass is 9.96. The van der Waals surface area contributed by atoms with Gasteiger partial charge in [0, 0.05) is 66.3 Å². The second kappa shape index (κ2) is 12.2. The molecule has 1 atom stereocenters. The maximum atomic E-state index is 12.9. The predicted octanol–water partition coefficient (Wildman–Crippen LogP) is 6.53. The Bertz CT molecular complexity index is 1970. The van der Waals surface area contributed by atoms with Crippen molar-refractivity contribution in [3.63, 3.8) is 0 Å². The van der Waals surface area contributed by atoms with Gasteiger partial charge in [0.25, 0.3) is 5.56 Å². The molecule has 1 aliphatic heterocycles. The molecule has 0 bridgehead atoms. The molecule has 1 fully saturated rings. The summed E-state index contributed by atoms with van der Waals surface area (Å²) in [5, 5.41) is 13.2. The van der Waals surface area contributed by atoms with Gasteiger partial charge in [-0.3, -0.25) is 4.79 Å². The third-order valence-corrected chi connectivity index (χ3v) is 9.43. The first-order chi connectivity index (χ1) is 21.9. The topological polar surface area (TPSA) is 103 Å². The van der Waals surface area contributed by atoms with E-state index in [2.05, 4.69) is 26.8 Å². The summed E-state index contributed by atoms with van der Waals surface area (Å²) >= 11 is 7.19. The molecule has 1 saturated heterocycles. The molecule has 0 saturated carbocycles. The number of rotatable bonds is 7. The molecule has 2 N–H and O–H groups in total. The van der Waals surface area contributed by atoms with Crippen molar-refractivity contribution in [2.45, 2.75) is 44.7 Å². The van der Waals surface area contributed by atoms with Gasteiger partial charge >= 0.3 is 0 Å². The van der Waals surface area contributed by atoms with Crippen molar-refractivity contribution in [2.75, 3.05) is 25.6 Å². The zero-order valence-corrected chi connectivity index (χ0v) is 26.3. The van der Waals surface area contributed by atoms with Crippen LogP contribution in [-0.2, 0) is 18.2 Å². The van der Waals surface area contributed by atoms with E-state index in [0.717, 1.165) is 83.5 Å². The van der Waals surface area contributed by atoms with E-state index in [4.69, 9.17) is 26.1 Å². The Morgan fingerprint density at radius 1 is 1.04 bits per heavy atom. The van der Waals surface area contributed by atoms with E-state index < -0.39 is 0 Å². The van der Waals surface area contributed by atoms with E-state index in [1.54, 1.807) is 32.6 Å². The first-order valence-electron chi connectivity index (χ1n) is 15.3. The fourth-order valence-corrected chi connectivity index (χ4v) is 6.93. The van der Waals surface area contributed by atoms with Gasteiger partial charge in [0.1, 0.15) is 5.82 Å². The van der Waals surface area contributed by atoms with Crippen LogP contribution in [0.4, 0.5) is 11.5 Å². The summed E-state index contributed by atoms with van der Waals surface area (Å²) in [4.78, 5) is 22.4. The van der Waals surface area contributed by atoms with Crippen LogP contribution in [0.2, 0.25) is 5.02 Å². The van der Waals surface area contributed by atoms with Gasteiger partial charge in [-0.1, -0.05) is 41.9 Å². The van der Waals surface area contributed by atoms with Crippen LogP contribution in [-0.4, -0.2) is 46.1 Å². The first kappa shape index (κ1) is 29.4. The Balaban J connectivity index is 1.23. The zero-order chi connectivity index (χ0) is 31.1. The number of methoxy groups -OCH3 is 1. The van der Waals surface area contributed by atoms with Crippen molar-refractivity contribution < 1.29 is 9.47 Å². The van der Waals surface area contributed by atoms with Gasteiger partial charge in [0.15, 0.2) is 0 Å². The molecule has 1 unspecified atom stereocenters. The lowest BCUT2D eigenvalue weighted by Crippen LogP contribution is -2.36. The molecule has 45 heavy (non-hydrogen) atoms. The molecule has 230 valence electrons. The van der Waals surface area contributed by atoms with Gasteiger partial charge in [-0.25, -0.2) is 14.6 Å². The molecule has 2 aliphatic rings. The van der Waals surface area contributed by atoms with Crippen LogP contribution < -0.4 is 20.9 Å². The third kappa shape index (κ3) is 5.45. The summed E-state index contributed by atoms with van der Waals surface area (Å²) in [6.07, 6.45) is 7.34. The highest BCUT2D eigenvalue weighted by Crippen LogP contribution is 2.43. The van der Waals surface area contributed by atoms with Gasteiger partial charge in [0.05, 0.1) is 29.4 Å². The summed E-state index contributed by atoms with van der Waals surface area (Å²) in [6.45, 7) is 3.64. The normalized spacial score (nSPS) is 16.6. The van der Waals surface area contributed by atoms with Crippen molar-refractivity contribution in [1.82, 2.24) is 25.1 Å². The number of aryl methyl sites for hydroxylation is 2. The fourth-order valence-electron chi connectivity index (χ4n) is 6.61. The largest absolute Gasteiger partial charge is 0.481 e. The van der Waals surface area contributed by atoms with Gasteiger partial charge in [-0.05, 0) is 67.5 Å². The highest BCUT2D eigenvalue weighted by molar-refractivity contribution is 6.36. The monoisotopic (exact) mass is 622 g/mol. The van der Waals surface area contributed by atoms with Gasteiger partial charge < -0.3 is 20.1 Å². The standard InChI is InChI=1S/C35H35ClN6O3/c1-20-24(6-5-9-27(20)40-33-31-22(12-15-37-33)19-38-42(2)35(31)43)25-7-4-8-26(32(25)36)29-18-21-10-11-28(30(21)34(41-29)44-3)39-23-13-16-45-17-14-23/h4-9,12,15,18-19,23,28,39H,10-11,13-14,16-17H2,1-3H3,(H,37,40). The molecule has 3 aromatic heterocycles. The van der Waals surface area contributed by atoms with Crippen LogP contribution in [0.1, 0.15) is 42.0 Å². The first-order valence-corrected chi connectivity index (χ1v) is 15.7. The molecule has 0 spiro atoms. The maximum absolute atomic E-state index is 12.9. The quantitative estimate of drug-likeness (QED) is 0.211. The summed E-state index contributed by atoms with van der Waals surface area (Å²) < 4.78 is 12.7. The Morgan fingerprint density at radius 3 is 2.64 bits per heavy atom. The van der Waals surface area contributed by atoms with Crippen LogP contribution in [0.5, 0.6) is 5.88 Å². The van der Waals surface area contributed by atoms with E-state index in [1.807, 2.05) is 43.3 Å². The van der Waals surface area contributed by atoms with E-state index in [9.17, 15) is 4.79 Å². The Kier molecular flexibility index (Phi) is 7.99. The molecule has 10 heteroatoms. The second-order valence-electron chi connectivity index (χ2n) is 11.7. The average molecular weight is 623 g/mol. The van der Waals surface area contributed by atoms with Crippen molar-refractivity contribution in [1.29, 1.82) is 0 Å². The van der Waals surface area contributed by atoms with Crippen molar-refractivity contribution in [3.05, 3.63) is 93.0 Å². The number of nitrogens with zero attached hydrogens (tertiary/aromatic N) is 4. The molecule has 5 aromatic rings. The highest BCUT2D eigenvalue weighted by Gasteiger charge is 2.31. The summed E-state index contributed by atoms with van der Waals surface area (Å²) in [5.74, 6) is 1.13. The Hall–Kier alpha value is -4.31. The lowest BCUT2D eigenvalue weighted by molar-refractivity contribution is 0.0748. The lowest BCUT2D eigenvalue weighted by Gasteiger charge is -2.27. The Morgan fingerprint density at radius 2 is 1.82 bits per heavy atom. The number of halogens is 1. The number of fused-ring (bicyclic) bond motifs is 2. The smallest absolute Gasteiger partial charge is 0.278 e. The molecule has 0 amide bonds. The molecular formula is C35H35ClN6O3. The predicted molar refractivity (Wildman–Crippen MR) is 178 cm³/mol. The van der Waals surface area contributed by atoms with Crippen LogP contribution in [0.3, 0.4) is 0 Å². The molecule has 4 heterocycles. The molecule has 7 rings (SSSR count). The minimum Gasteiger partial charge on any atom is -0.481 e. The second-order valence-corrected chi connectivity index (χ2v) is 12.1. The van der Waals surface area contributed by atoms with Crippen LogP contribution in [0.25, 0.3) is 33.2 Å². The minimum absolute atomic E-state index is 0.212. The minimum atomic E-state index is -0.212.